The van der Waals surface area contributed by atoms with E-state index >= 15 is 0 Å². The number of carbonyl (C=O) groups excluding carboxylic acids is 2. The first kappa shape index (κ1) is 31.3. The lowest BCUT2D eigenvalue weighted by molar-refractivity contribution is -0.130. The second kappa shape index (κ2) is 13.3. The summed E-state index contributed by atoms with van der Waals surface area (Å²) in [5, 5.41) is 6.97. The minimum atomic E-state index is -0.319. The van der Waals surface area contributed by atoms with E-state index in [4.69, 9.17) is 35.8 Å². The highest BCUT2D eigenvalue weighted by Gasteiger charge is 2.40. The van der Waals surface area contributed by atoms with Crippen LogP contribution in [0.15, 0.2) is 61.4 Å². The standard InChI is InChI=1S/C32H32ClN7O5S/c1-5-27(41)39-14-21-17-45-25-11-19(12-34-30(25)40(21)15-20(39)16-43-3)23-9-10-24(44-4)29(36-23)38-32-35-13-26(46-32)31(42)37-28-18(2)7-6-8-22(28)33/h5-13,20-21H,1,14-17H2,2-4H3,(H,37,42)(H,35,36,38). The number of nitrogens with zero attached hydrogens (tertiary/aromatic N) is 5. The molecule has 2 atom stereocenters. The lowest BCUT2D eigenvalue weighted by Crippen LogP contribution is -2.63. The third-order valence-corrected chi connectivity index (χ3v) is 9.07. The largest absolute Gasteiger partial charge is 0.493 e. The summed E-state index contributed by atoms with van der Waals surface area (Å²) < 4.78 is 17.1. The number of hydrogen-bond acceptors (Lipinski definition) is 11. The van der Waals surface area contributed by atoms with Crippen molar-refractivity contribution < 1.29 is 23.8 Å². The van der Waals surface area contributed by atoms with Crippen molar-refractivity contribution in [3.8, 4) is 22.8 Å². The number of carbonyl (C=O) groups is 2. The van der Waals surface area contributed by atoms with E-state index in [2.05, 4.69) is 27.1 Å². The van der Waals surface area contributed by atoms with Gasteiger partial charge in [0.15, 0.2) is 28.3 Å². The molecule has 2 aliphatic rings. The van der Waals surface area contributed by atoms with Gasteiger partial charge in [-0.15, -0.1) is 0 Å². The summed E-state index contributed by atoms with van der Waals surface area (Å²) in [5.74, 6) is 1.81. The fourth-order valence-corrected chi connectivity index (χ4v) is 6.50. The van der Waals surface area contributed by atoms with Crippen molar-refractivity contribution in [2.75, 3.05) is 56.1 Å². The first-order valence-electron chi connectivity index (χ1n) is 14.5. The molecule has 0 bridgehead atoms. The summed E-state index contributed by atoms with van der Waals surface area (Å²) in [6, 6.07) is 10.8. The van der Waals surface area contributed by atoms with Crippen LogP contribution in [0.4, 0.5) is 22.5 Å². The molecule has 2 unspecified atom stereocenters. The molecule has 1 fully saturated rings. The summed E-state index contributed by atoms with van der Waals surface area (Å²) in [7, 11) is 3.18. The van der Waals surface area contributed by atoms with E-state index < -0.39 is 0 Å². The van der Waals surface area contributed by atoms with Crippen molar-refractivity contribution in [1.82, 2.24) is 19.9 Å². The van der Waals surface area contributed by atoms with Gasteiger partial charge in [-0.1, -0.05) is 41.6 Å². The van der Waals surface area contributed by atoms with Crippen molar-refractivity contribution in [3.63, 3.8) is 0 Å². The van der Waals surface area contributed by atoms with Crippen molar-refractivity contribution in [3.05, 3.63) is 76.9 Å². The van der Waals surface area contributed by atoms with Crippen LogP contribution in [0, 0.1) is 6.92 Å². The number of para-hydroxylation sites is 1. The van der Waals surface area contributed by atoms with Gasteiger partial charge >= 0.3 is 0 Å². The van der Waals surface area contributed by atoms with Gasteiger partial charge in [0.05, 0.1) is 48.4 Å². The maximum atomic E-state index is 12.9. The van der Waals surface area contributed by atoms with Gasteiger partial charge in [-0.3, -0.25) is 9.59 Å². The van der Waals surface area contributed by atoms with E-state index in [1.54, 1.807) is 37.4 Å². The average Bonchev–Trinajstić information content (AvgIpc) is 3.54. The zero-order valence-electron chi connectivity index (χ0n) is 25.4. The monoisotopic (exact) mass is 661 g/mol. The number of aromatic nitrogens is 3. The molecule has 4 aromatic rings. The van der Waals surface area contributed by atoms with Crippen LogP contribution >= 0.6 is 22.9 Å². The number of ether oxygens (including phenoxy) is 3. The fourth-order valence-electron chi connectivity index (χ4n) is 5.52. The number of hydrogen-bond donors (Lipinski definition) is 2. The number of anilines is 4. The number of nitrogens with one attached hydrogen (secondary N) is 2. The molecule has 1 aromatic carbocycles. The van der Waals surface area contributed by atoms with Gasteiger partial charge in [0, 0.05) is 32.0 Å². The topological polar surface area (TPSA) is 131 Å². The molecule has 238 valence electrons. The number of pyridine rings is 2. The number of thiazole rings is 1. The lowest BCUT2D eigenvalue weighted by atomic mass is 10.0. The Morgan fingerprint density at radius 2 is 2.04 bits per heavy atom. The third kappa shape index (κ3) is 6.21. The molecule has 0 aliphatic carbocycles. The fraction of sp³-hybridized carbons (Fsp3) is 0.281. The number of benzene rings is 1. The number of halogens is 1. The zero-order chi connectivity index (χ0) is 32.4. The zero-order valence-corrected chi connectivity index (χ0v) is 27.0. The molecule has 12 nitrogen and oxygen atoms in total. The quantitative estimate of drug-likeness (QED) is 0.232. The Hall–Kier alpha value is -4.72. The van der Waals surface area contributed by atoms with Crippen molar-refractivity contribution in [1.29, 1.82) is 0 Å². The van der Waals surface area contributed by atoms with Crippen molar-refractivity contribution in [2.45, 2.75) is 19.0 Å². The van der Waals surface area contributed by atoms with Gasteiger partial charge in [-0.2, -0.15) is 0 Å². The van der Waals surface area contributed by atoms with Crippen LogP contribution in [0.5, 0.6) is 11.5 Å². The van der Waals surface area contributed by atoms with Gasteiger partial charge in [-0.25, -0.2) is 15.0 Å². The van der Waals surface area contributed by atoms with Gasteiger partial charge < -0.3 is 34.6 Å². The molecule has 0 radical (unpaired) electrons. The Labute approximate surface area is 275 Å². The number of fused-ring (bicyclic) bond motifs is 3. The molecule has 14 heteroatoms. The first-order chi connectivity index (χ1) is 22.3. The van der Waals surface area contributed by atoms with Crippen LogP contribution < -0.4 is 25.0 Å². The highest BCUT2D eigenvalue weighted by molar-refractivity contribution is 7.17. The highest BCUT2D eigenvalue weighted by atomic mass is 35.5. The van der Waals surface area contributed by atoms with Gasteiger partial charge in [0.25, 0.3) is 5.91 Å². The number of amides is 2. The Bertz CT molecular complexity index is 1780. The summed E-state index contributed by atoms with van der Waals surface area (Å²) in [6.45, 7) is 7.36. The van der Waals surface area contributed by atoms with E-state index in [1.165, 1.54) is 23.6 Å². The smallest absolute Gasteiger partial charge is 0.267 e. The summed E-state index contributed by atoms with van der Waals surface area (Å²) in [6.07, 6.45) is 4.57. The summed E-state index contributed by atoms with van der Waals surface area (Å²) in [4.78, 5) is 43.8. The van der Waals surface area contributed by atoms with Gasteiger partial charge in [0.2, 0.25) is 5.91 Å². The Kier molecular flexibility index (Phi) is 9.06. The summed E-state index contributed by atoms with van der Waals surface area (Å²) >= 11 is 7.46. The minimum Gasteiger partial charge on any atom is -0.493 e. The van der Waals surface area contributed by atoms with E-state index in [0.717, 1.165) is 11.1 Å². The van der Waals surface area contributed by atoms with Crippen LogP contribution in [0.1, 0.15) is 15.2 Å². The van der Waals surface area contributed by atoms with Crippen LogP contribution in [0.3, 0.4) is 0 Å². The molecular formula is C32H32ClN7O5S. The molecular weight excluding hydrogens is 630 g/mol. The second-order valence-corrected chi connectivity index (χ2v) is 12.2. The summed E-state index contributed by atoms with van der Waals surface area (Å²) in [5.41, 5.74) is 2.79. The van der Waals surface area contributed by atoms with Crippen LogP contribution in [-0.2, 0) is 9.53 Å². The number of methoxy groups -OCH3 is 2. The van der Waals surface area contributed by atoms with Gasteiger partial charge in [0.1, 0.15) is 11.5 Å². The van der Waals surface area contributed by atoms with Crippen molar-refractivity contribution in [2.24, 2.45) is 0 Å². The third-order valence-electron chi connectivity index (χ3n) is 7.84. The van der Waals surface area contributed by atoms with Crippen LogP contribution in [-0.4, -0.2) is 84.3 Å². The molecule has 46 heavy (non-hydrogen) atoms. The van der Waals surface area contributed by atoms with Crippen molar-refractivity contribution >= 4 is 57.2 Å². The molecule has 0 spiro atoms. The molecule has 6 rings (SSSR count). The van der Waals surface area contributed by atoms with Crippen LogP contribution in [0.2, 0.25) is 5.02 Å². The van der Waals surface area contributed by atoms with Gasteiger partial charge in [-0.05, 0) is 42.8 Å². The molecule has 0 saturated carbocycles. The Balaban J connectivity index is 1.21. The van der Waals surface area contributed by atoms with Crippen LogP contribution in [0.25, 0.3) is 11.3 Å². The minimum absolute atomic E-state index is 0.0447. The lowest BCUT2D eigenvalue weighted by Gasteiger charge is -2.48. The number of rotatable bonds is 9. The predicted molar refractivity (Wildman–Crippen MR) is 178 cm³/mol. The average molecular weight is 662 g/mol. The maximum absolute atomic E-state index is 12.9. The number of piperazine rings is 1. The molecule has 2 amide bonds. The Morgan fingerprint density at radius 1 is 1.20 bits per heavy atom. The van der Waals surface area contributed by atoms with E-state index in [9.17, 15) is 9.59 Å². The molecule has 2 N–H and O–H groups in total. The normalized spacial score (nSPS) is 17.0. The number of aryl methyl sites for hydroxylation is 1. The predicted octanol–water partition coefficient (Wildman–Crippen LogP) is 5.18. The molecule has 1 saturated heterocycles. The molecule has 5 heterocycles. The highest BCUT2D eigenvalue weighted by Crippen LogP contribution is 2.38. The Morgan fingerprint density at radius 3 is 2.80 bits per heavy atom. The first-order valence-corrected chi connectivity index (χ1v) is 15.6. The second-order valence-electron chi connectivity index (χ2n) is 10.8. The van der Waals surface area contributed by atoms with E-state index in [1.807, 2.05) is 31.2 Å². The maximum Gasteiger partial charge on any atom is 0.267 e. The van der Waals surface area contributed by atoms with E-state index in [-0.39, 0.29) is 23.9 Å². The van der Waals surface area contributed by atoms with E-state index in [0.29, 0.717) is 75.9 Å². The molecule has 2 aliphatic heterocycles. The molecule has 3 aromatic heterocycles. The SMILES string of the molecule is C=CC(=O)N1CC2COc3cc(-c4ccc(OC)c(Nc5ncc(C(=O)Nc6c(C)cccc6Cl)s5)n4)cnc3N2CC1COC.